The second-order valence-electron chi connectivity index (χ2n) is 6.39. The number of hydrogen-bond acceptors (Lipinski definition) is 4. The third kappa shape index (κ3) is 3.00. The highest BCUT2D eigenvalue weighted by molar-refractivity contribution is 5.89. The van der Waals surface area contributed by atoms with E-state index in [4.69, 9.17) is 0 Å². The number of nitrogens with one attached hydrogen (secondary N) is 1. The van der Waals surface area contributed by atoms with E-state index in [0.29, 0.717) is 44.0 Å². The van der Waals surface area contributed by atoms with Crippen LogP contribution in [0, 0.1) is 11.3 Å². The zero-order valence-electron chi connectivity index (χ0n) is 14.4. The van der Waals surface area contributed by atoms with Gasteiger partial charge in [0.05, 0.1) is 12.0 Å². The lowest BCUT2D eigenvalue weighted by atomic mass is 10.1. The van der Waals surface area contributed by atoms with Crippen LogP contribution in [0.1, 0.15) is 11.1 Å². The highest BCUT2D eigenvalue weighted by atomic mass is 16.2. The molecule has 130 valence electrons. The second kappa shape index (κ2) is 6.89. The molecule has 2 aromatic heterocycles. The van der Waals surface area contributed by atoms with Crippen LogP contribution in [0.4, 0.5) is 5.82 Å². The molecule has 0 saturated carbocycles. The number of amides is 1. The van der Waals surface area contributed by atoms with Crippen LogP contribution in [0.3, 0.4) is 0 Å². The van der Waals surface area contributed by atoms with Gasteiger partial charge in [-0.05, 0) is 23.8 Å². The van der Waals surface area contributed by atoms with Gasteiger partial charge in [-0.15, -0.1) is 0 Å². The van der Waals surface area contributed by atoms with Crippen molar-refractivity contribution in [2.45, 2.75) is 6.42 Å². The fourth-order valence-electron chi connectivity index (χ4n) is 3.46. The number of nitrogens with zero attached hydrogens (tertiary/aromatic N) is 4. The highest BCUT2D eigenvalue weighted by Gasteiger charge is 2.23. The first kappa shape index (κ1) is 16.2. The maximum absolute atomic E-state index is 12.7. The molecule has 4 rings (SSSR count). The van der Waals surface area contributed by atoms with Gasteiger partial charge in [-0.2, -0.15) is 5.26 Å². The molecule has 0 radical (unpaired) electrons. The van der Waals surface area contributed by atoms with Crippen molar-refractivity contribution in [3.05, 3.63) is 59.9 Å². The number of aromatic nitrogens is 2. The third-order valence-electron chi connectivity index (χ3n) is 4.86. The van der Waals surface area contributed by atoms with E-state index in [1.165, 1.54) is 0 Å². The molecule has 1 aliphatic rings. The van der Waals surface area contributed by atoms with Crippen molar-refractivity contribution in [2.24, 2.45) is 0 Å². The van der Waals surface area contributed by atoms with E-state index in [-0.39, 0.29) is 5.91 Å². The molecule has 1 saturated heterocycles. The average molecular weight is 345 g/mol. The monoisotopic (exact) mass is 345 g/mol. The number of hydrogen-bond donors (Lipinski definition) is 1. The zero-order valence-corrected chi connectivity index (χ0v) is 14.4. The Bertz CT molecular complexity index is 979. The van der Waals surface area contributed by atoms with E-state index in [9.17, 15) is 10.1 Å². The van der Waals surface area contributed by atoms with Crippen molar-refractivity contribution in [3.8, 4) is 6.07 Å². The molecule has 0 aliphatic carbocycles. The van der Waals surface area contributed by atoms with Gasteiger partial charge in [-0.1, -0.05) is 18.2 Å². The molecule has 26 heavy (non-hydrogen) atoms. The summed E-state index contributed by atoms with van der Waals surface area (Å²) in [6, 6.07) is 13.8. The van der Waals surface area contributed by atoms with E-state index in [2.05, 4.69) is 20.9 Å². The summed E-state index contributed by atoms with van der Waals surface area (Å²) >= 11 is 0. The second-order valence-corrected chi connectivity index (χ2v) is 6.39. The molecule has 1 aromatic carbocycles. The molecule has 3 aromatic rings. The smallest absolute Gasteiger partial charge is 0.227 e. The van der Waals surface area contributed by atoms with Crippen LogP contribution in [0.5, 0.6) is 0 Å². The number of anilines is 1. The maximum atomic E-state index is 12.7. The van der Waals surface area contributed by atoms with Gasteiger partial charge in [-0.3, -0.25) is 4.79 Å². The van der Waals surface area contributed by atoms with Crippen LogP contribution in [-0.4, -0.2) is 47.0 Å². The van der Waals surface area contributed by atoms with Gasteiger partial charge in [0.25, 0.3) is 0 Å². The Labute approximate surface area is 151 Å². The van der Waals surface area contributed by atoms with Crippen LogP contribution in [-0.2, 0) is 11.2 Å². The minimum atomic E-state index is 0.135. The number of pyridine rings is 1. The molecular weight excluding hydrogens is 326 g/mol. The Kier molecular flexibility index (Phi) is 4.28. The number of nitriles is 1. The van der Waals surface area contributed by atoms with Gasteiger partial charge >= 0.3 is 0 Å². The number of carbonyl (C=O) groups is 1. The van der Waals surface area contributed by atoms with Gasteiger partial charge in [0.15, 0.2) is 0 Å². The molecular formula is C20H19N5O. The predicted molar refractivity (Wildman–Crippen MR) is 99.7 cm³/mol. The van der Waals surface area contributed by atoms with Crippen molar-refractivity contribution in [1.82, 2.24) is 14.9 Å². The van der Waals surface area contributed by atoms with Crippen LogP contribution >= 0.6 is 0 Å². The summed E-state index contributed by atoms with van der Waals surface area (Å²) in [4.78, 5) is 24.2. The fraction of sp³-hybridized carbons (Fsp3) is 0.250. The number of H-pyrrole nitrogens is 1. The van der Waals surface area contributed by atoms with Gasteiger partial charge in [0.1, 0.15) is 11.9 Å². The van der Waals surface area contributed by atoms with E-state index < -0.39 is 0 Å². The van der Waals surface area contributed by atoms with Crippen molar-refractivity contribution in [3.63, 3.8) is 0 Å². The lowest BCUT2D eigenvalue weighted by Crippen LogP contribution is -2.49. The van der Waals surface area contributed by atoms with Gasteiger partial charge in [0.2, 0.25) is 5.91 Å². The number of piperazine rings is 1. The van der Waals surface area contributed by atoms with Crippen LogP contribution in [0.2, 0.25) is 0 Å². The summed E-state index contributed by atoms with van der Waals surface area (Å²) in [6.07, 6.45) is 4.02. The lowest BCUT2D eigenvalue weighted by Gasteiger charge is -2.35. The normalized spacial score (nSPS) is 14.4. The summed E-state index contributed by atoms with van der Waals surface area (Å²) < 4.78 is 0. The Morgan fingerprint density at radius 2 is 1.96 bits per heavy atom. The molecule has 1 N–H and O–H groups in total. The average Bonchev–Trinajstić information content (AvgIpc) is 3.11. The summed E-state index contributed by atoms with van der Waals surface area (Å²) in [7, 11) is 0. The summed E-state index contributed by atoms with van der Waals surface area (Å²) in [6.45, 7) is 2.65. The van der Waals surface area contributed by atoms with E-state index >= 15 is 0 Å². The van der Waals surface area contributed by atoms with E-state index in [0.717, 1.165) is 16.5 Å². The van der Waals surface area contributed by atoms with Crippen LogP contribution in [0.15, 0.2) is 48.8 Å². The van der Waals surface area contributed by atoms with Crippen molar-refractivity contribution < 1.29 is 4.79 Å². The first-order valence-electron chi connectivity index (χ1n) is 8.69. The Morgan fingerprint density at radius 1 is 1.15 bits per heavy atom. The van der Waals surface area contributed by atoms with E-state index in [1.54, 1.807) is 18.3 Å². The first-order valence-corrected chi connectivity index (χ1v) is 8.69. The third-order valence-corrected chi connectivity index (χ3v) is 4.86. The lowest BCUT2D eigenvalue weighted by molar-refractivity contribution is -0.130. The molecule has 0 bridgehead atoms. The summed E-state index contributed by atoms with van der Waals surface area (Å²) in [5.41, 5.74) is 2.66. The van der Waals surface area contributed by atoms with Gasteiger partial charge in [-0.25, -0.2) is 4.98 Å². The van der Waals surface area contributed by atoms with Crippen LogP contribution in [0.25, 0.3) is 10.9 Å². The number of para-hydroxylation sites is 1. The Hall–Kier alpha value is -3.33. The number of aromatic amines is 1. The summed E-state index contributed by atoms with van der Waals surface area (Å²) in [5, 5.41) is 10.3. The SMILES string of the molecule is N#Cc1cccnc1N1CCN(C(=O)Cc2c[nH]c3ccccc23)CC1. The molecule has 6 heteroatoms. The molecule has 1 fully saturated rings. The minimum Gasteiger partial charge on any atom is -0.361 e. The van der Waals surface area contributed by atoms with Crippen molar-refractivity contribution >= 4 is 22.6 Å². The van der Waals surface area contributed by atoms with Crippen molar-refractivity contribution in [1.29, 1.82) is 5.26 Å². The molecule has 0 spiro atoms. The largest absolute Gasteiger partial charge is 0.361 e. The summed E-state index contributed by atoms with van der Waals surface area (Å²) in [5.74, 6) is 0.842. The number of carbonyl (C=O) groups excluding carboxylic acids is 1. The molecule has 3 heterocycles. The fourth-order valence-corrected chi connectivity index (χ4v) is 3.46. The number of benzene rings is 1. The molecule has 1 amide bonds. The standard InChI is InChI=1S/C20H19N5O/c21-13-15-4-3-7-22-20(15)25-10-8-24(9-11-25)19(26)12-16-14-23-18-6-2-1-5-17(16)18/h1-7,14,23H,8-12H2. The van der Waals surface area contributed by atoms with Crippen LogP contribution < -0.4 is 4.90 Å². The first-order chi connectivity index (χ1) is 12.8. The zero-order chi connectivity index (χ0) is 17.9. The molecule has 0 atom stereocenters. The maximum Gasteiger partial charge on any atom is 0.227 e. The minimum absolute atomic E-state index is 0.135. The Morgan fingerprint density at radius 3 is 2.77 bits per heavy atom. The molecule has 0 unspecified atom stereocenters. The Balaban J connectivity index is 1.42. The van der Waals surface area contributed by atoms with Gasteiger partial charge in [0, 0.05) is 49.5 Å². The van der Waals surface area contributed by atoms with Crippen molar-refractivity contribution in [2.75, 3.05) is 31.1 Å². The topological polar surface area (TPSA) is 76.0 Å². The quantitative estimate of drug-likeness (QED) is 0.790. The molecule has 1 aliphatic heterocycles. The number of rotatable bonds is 3. The molecule has 6 nitrogen and oxygen atoms in total. The highest BCUT2D eigenvalue weighted by Crippen LogP contribution is 2.21. The predicted octanol–water partition coefficient (Wildman–Crippen LogP) is 2.33. The van der Waals surface area contributed by atoms with Gasteiger partial charge < -0.3 is 14.8 Å². The van der Waals surface area contributed by atoms with E-state index in [1.807, 2.05) is 35.4 Å². The number of fused-ring (bicyclic) bond motifs is 1.